The van der Waals surface area contributed by atoms with Crippen molar-refractivity contribution in [1.82, 2.24) is 0 Å². The van der Waals surface area contributed by atoms with Crippen LogP contribution in [0.3, 0.4) is 0 Å². The number of rotatable bonds is 3. The number of aliphatic hydroxyl groups is 1. The van der Waals surface area contributed by atoms with Crippen molar-refractivity contribution >= 4 is 23.2 Å². The second-order valence-corrected chi connectivity index (χ2v) is 5.60. The number of ether oxygens (including phenoxy) is 1. The van der Waals surface area contributed by atoms with Crippen LogP contribution in [0.15, 0.2) is 48.5 Å². The Bertz CT molecular complexity index is 687. The molecular weight excluding hydrogens is 302 g/mol. The Morgan fingerprint density at radius 3 is 2.50 bits per heavy atom. The van der Waals surface area contributed by atoms with Gasteiger partial charge in [-0.1, -0.05) is 29.8 Å². The second-order valence-electron chi connectivity index (χ2n) is 5.20. The highest BCUT2D eigenvalue weighted by Gasteiger charge is 2.40. The van der Waals surface area contributed by atoms with E-state index < -0.39 is 6.10 Å². The molecule has 2 unspecified atom stereocenters. The van der Waals surface area contributed by atoms with Gasteiger partial charge in [-0.3, -0.25) is 4.79 Å². The third kappa shape index (κ3) is 2.56. The van der Waals surface area contributed by atoms with Gasteiger partial charge in [0.25, 0.3) is 5.91 Å². The zero-order chi connectivity index (χ0) is 15.7. The molecule has 1 heterocycles. The van der Waals surface area contributed by atoms with E-state index in [1.165, 1.54) is 0 Å². The molecule has 3 rings (SSSR count). The number of carbonyl (C=O) groups excluding carboxylic acids is 1. The van der Waals surface area contributed by atoms with Gasteiger partial charge in [-0.05, 0) is 35.9 Å². The van der Waals surface area contributed by atoms with E-state index in [0.717, 1.165) is 5.56 Å². The van der Waals surface area contributed by atoms with Gasteiger partial charge in [0.1, 0.15) is 11.9 Å². The molecule has 0 aromatic heterocycles. The Hall–Kier alpha value is -2.04. The smallest absolute Gasteiger partial charge is 0.256 e. The van der Waals surface area contributed by atoms with Crippen LogP contribution in [0, 0.1) is 0 Å². The molecule has 1 saturated heterocycles. The zero-order valence-corrected chi connectivity index (χ0v) is 12.8. The minimum absolute atomic E-state index is 0.274. The predicted octanol–water partition coefficient (Wildman–Crippen LogP) is 3.19. The molecular formula is C17H16ClNO3. The maximum absolute atomic E-state index is 12.4. The summed E-state index contributed by atoms with van der Waals surface area (Å²) in [6, 6.07) is 14.3. The highest BCUT2D eigenvalue weighted by molar-refractivity contribution is 6.31. The fourth-order valence-electron chi connectivity index (χ4n) is 2.79. The molecule has 0 aliphatic carbocycles. The van der Waals surface area contributed by atoms with Crippen LogP contribution in [0.2, 0.25) is 5.02 Å². The molecule has 2 atom stereocenters. The van der Waals surface area contributed by atoms with Gasteiger partial charge in [0, 0.05) is 17.1 Å². The number of aliphatic hydroxyl groups excluding tert-OH is 1. The lowest BCUT2D eigenvalue weighted by atomic mass is 10.0. The monoisotopic (exact) mass is 317 g/mol. The van der Waals surface area contributed by atoms with Crippen LogP contribution in [0.4, 0.5) is 5.69 Å². The minimum atomic E-state index is -1.01. The summed E-state index contributed by atoms with van der Waals surface area (Å²) in [5.41, 5.74) is 1.55. The summed E-state index contributed by atoms with van der Waals surface area (Å²) >= 11 is 6.26. The number of carbonyl (C=O) groups is 1. The van der Waals surface area contributed by atoms with Crippen LogP contribution in [0.25, 0.3) is 0 Å². The molecule has 1 aliphatic rings. The maximum Gasteiger partial charge on any atom is 0.256 e. The fraction of sp³-hybridized carbons (Fsp3) is 0.235. The van der Waals surface area contributed by atoms with Gasteiger partial charge in [0.05, 0.1) is 13.2 Å². The van der Waals surface area contributed by atoms with Crippen molar-refractivity contribution in [3.63, 3.8) is 0 Å². The second kappa shape index (κ2) is 5.99. The first-order chi connectivity index (χ1) is 10.6. The number of nitrogens with zero attached hydrogens (tertiary/aromatic N) is 1. The Morgan fingerprint density at radius 1 is 1.18 bits per heavy atom. The molecule has 1 aliphatic heterocycles. The summed E-state index contributed by atoms with van der Waals surface area (Å²) < 4.78 is 5.14. The van der Waals surface area contributed by atoms with Gasteiger partial charge in [0.2, 0.25) is 0 Å². The molecule has 22 heavy (non-hydrogen) atoms. The third-order valence-corrected chi connectivity index (χ3v) is 4.24. The summed E-state index contributed by atoms with van der Waals surface area (Å²) in [4.78, 5) is 14.0. The van der Waals surface area contributed by atoms with Crippen molar-refractivity contribution < 1.29 is 14.6 Å². The van der Waals surface area contributed by atoms with E-state index in [1.54, 1.807) is 42.3 Å². The van der Waals surface area contributed by atoms with Crippen molar-refractivity contribution in [3.8, 4) is 5.75 Å². The van der Waals surface area contributed by atoms with Crippen molar-refractivity contribution in [2.75, 3.05) is 12.0 Å². The zero-order valence-electron chi connectivity index (χ0n) is 12.1. The topological polar surface area (TPSA) is 49.8 Å². The molecule has 0 bridgehead atoms. The van der Waals surface area contributed by atoms with E-state index in [2.05, 4.69) is 0 Å². The van der Waals surface area contributed by atoms with Crippen molar-refractivity contribution in [1.29, 1.82) is 0 Å². The van der Waals surface area contributed by atoms with Gasteiger partial charge in [-0.15, -0.1) is 0 Å². The predicted molar refractivity (Wildman–Crippen MR) is 85.3 cm³/mol. The molecule has 4 nitrogen and oxygen atoms in total. The summed E-state index contributed by atoms with van der Waals surface area (Å²) in [5.74, 6) is 0.403. The fourth-order valence-corrected chi connectivity index (χ4v) is 3.05. The quantitative estimate of drug-likeness (QED) is 0.946. The Morgan fingerprint density at radius 2 is 1.86 bits per heavy atom. The molecule has 2 aromatic rings. The van der Waals surface area contributed by atoms with Crippen molar-refractivity contribution in [2.24, 2.45) is 0 Å². The number of anilines is 1. The van der Waals surface area contributed by atoms with Crippen molar-refractivity contribution in [2.45, 2.75) is 18.6 Å². The highest BCUT2D eigenvalue weighted by atomic mass is 35.5. The Labute approximate surface area is 133 Å². The van der Waals surface area contributed by atoms with Gasteiger partial charge < -0.3 is 14.7 Å². The molecule has 0 spiro atoms. The largest absolute Gasteiger partial charge is 0.497 e. The lowest BCUT2D eigenvalue weighted by molar-refractivity contribution is -0.124. The average molecular weight is 318 g/mol. The summed E-state index contributed by atoms with van der Waals surface area (Å²) in [6.07, 6.45) is -0.683. The van der Waals surface area contributed by atoms with Crippen LogP contribution in [0.5, 0.6) is 5.75 Å². The van der Waals surface area contributed by atoms with Crippen LogP contribution in [-0.4, -0.2) is 24.2 Å². The van der Waals surface area contributed by atoms with Gasteiger partial charge >= 0.3 is 0 Å². The van der Waals surface area contributed by atoms with E-state index in [9.17, 15) is 9.90 Å². The lowest BCUT2D eigenvalue weighted by Gasteiger charge is -2.25. The average Bonchev–Trinajstić information content (AvgIpc) is 2.83. The van der Waals surface area contributed by atoms with E-state index >= 15 is 0 Å². The van der Waals surface area contributed by atoms with E-state index in [0.29, 0.717) is 22.9 Å². The SMILES string of the molecule is COc1ccc(N2C(=O)C(O)CC2c2ccccc2Cl)cc1. The Balaban J connectivity index is 2.01. The van der Waals surface area contributed by atoms with Gasteiger partial charge in [-0.25, -0.2) is 0 Å². The number of hydrogen-bond acceptors (Lipinski definition) is 3. The molecule has 1 N–H and O–H groups in total. The van der Waals surface area contributed by atoms with E-state index in [4.69, 9.17) is 16.3 Å². The van der Waals surface area contributed by atoms with E-state index in [-0.39, 0.29) is 11.9 Å². The molecule has 2 aromatic carbocycles. The van der Waals surface area contributed by atoms with Crippen LogP contribution in [0.1, 0.15) is 18.0 Å². The Kier molecular flexibility index (Phi) is 4.05. The molecule has 1 amide bonds. The molecule has 5 heteroatoms. The van der Waals surface area contributed by atoms with E-state index in [1.807, 2.05) is 18.2 Å². The van der Waals surface area contributed by atoms with Gasteiger partial charge in [0.15, 0.2) is 0 Å². The summed E-state index contributed by atoms with van der Waals surface area (Å²) in [6.45, 7) is 0. The first-order valence-corrected chi connectivity index (χ1v) is 7.39. The lowest BCUT2D eigenvalue weighted by Crippen LogP contribution is -2.30. The number of halogens is 1. The molecule has 0 saturated carbocycles. The molecule has 114 valence electrons. The number of amides is 1. The molecule has 1 fully saturated rings. The van der Waals surface area contributed by atoms with Crippen LogP contribution < -0.4 is 9.64 Å². The highest BCUT2D eigenvalue weighted by Crippen LogP contribution is 2.40. The third-order valence-electron chi connectivity index (χ3n) is 3.90. The first-order valence-electron chi connectivity index (χ1n) is 7.01. The standard InChI is InChI=1S/C17H16ClNO3/c1-22-12-8-6-11(7-9-12)19-15(10-16(20)17(19)21)13-4-2-3-5-14(13)18/h2-9,15-16,20H,10H2,1H3. The van der Waals surface area contributed by atoms with Crippen LogP contribution >= 0.6 is 11.6 Å². The number of methoxy groups -OCH3 is 1. The van der Waals surface area contributed by atoms with Crippen LogP contribution in [-0.2, 0) is 4.79 Å². The number of hydrogen-bond donors (Lipinski definition) is 1. The number of benzene rings is 2. The van der Waals surface area contributed by atoms with Gasteiger partial charge in [-0.2, -0.15) is 0 Å². The van der Waals surface area contributed by atoms with Crippen molar-refractivity contribution in [3.05, 3.63) is 59.1 Å². The minimum Gasteiger partial charge on any atom is -0.497 e. The summed E-state index contributed by atoms with van der Waals surface area (Å²) in [7, 11) is 1.59. The maximum atomic E-state index is 12.4. The first kappa shape index (κ1) is 14.9. The summed E-state index contributed by atoms with van der Waals surface area (Å²) in [5, 5.41) is 10.6. The normalized spacial score (nSPS) is 21.2. The molecule has 0 radical (unpaired) electrons.